The lowest BCUT2D eigenvalue weighted by Gasteiger charge is -2.18. The fraction of sp³-hybridized carbons (Fsp3) is 0.308. The second-order valence-electron chi connectivity index (χ2n) is 4.13. The number of hydrogen-bond donors (Lipinski definition) is 1. The van der Waals surface area contributed by atoms with Crippen LogP contribution in [0.4, 0.5) is 11.4 Å². The maximum atomic E-state index is 11.8. The topological polar surface area (TPSA) is 46.3 Å². The zero-order valence-electron chi connectivity index (χ0n) is 9.23. The molecule has 0 spiro atoms. The molecule has 3 heteroatoms. The highest BCUT2D eigenvalue weighted by molar-refractivity contribution is 5.98. The summed E-state index contributed by atoms with van der Waals surface area (Å²) in [7, 11) is 0. The normalized spacial score (nSPS) is 19.9. The molecule has 1 atom stereocenters. The van der Waals surface area contributed by atoms with Crippen LogP contribution in [0, 0.1) is 25.2 Å². The minimum absolute atomic E-state index is 0.00760. The lowest BCUT2D eigenvalue weighted by atomic mass is 10.1. The standard InChI is InChI=1S/C13H14N2O/c1-3-10-7-13(16)15(8-10)12-5-4-9(2)6-11(12)14/h1,4-6,10H,7-8,14H2,2H3. The first-order valence-corrected chi connectivity index (χ1v) is 5.24. The lowest BCUT2D eigenvalue weighted by molar-refractivity contribution is -0.117. The maximum Gasteiger partial charge on any atom is 0.228 e. The number of nitrogens with zero attached hydrogens (tertiary/aromatic N) is 1. The van der Waals surface area contributed by atoms with Crippen LogP contribution in [0.2, 0.25) is 0 Å². The molecule has 0 bridgehead atoms. The number of nitrogens with two attached hydrogens (primary N) is 1. The molecule has 0 aromatic heterocycles. The number of anilines is 2. The minimum Gasteiger partial charge on any atom is -0.397 e. The Morgan fingerprint density at radius 2 is 2.31 bits per heavy atom. The number of rotatable bonds is 1. The van der Waals surface area contributed by atoms with Gasteiger partial charge in [-0.3, -0.25) is 4.79 Å². The fourth-order valence-electron chi connectivity index (χ4n) is 1.97. The highest BCUT2D eigenvalue weighted by Gasteiger charge is 2.30. The summed E-state index contributed by atoms with van der Waals surface area (Å²) in [6, 6.07) is 5.69. The molecule has 1 aliphatic rings. The van der Waals surface area contributed by atoms with Crippen molar-refractivity contribution in [3.63, 3.8) is 0 Å². The number of hydrogen-bond acceptors (Lipinski definition) is 2. The van der Waals surface area contributed by atoms with Crippen molar-refractivity contribution in [1.29, 1.82) is 0 Å². The second kappa shape index (κ2) is 3.90. The first kappa shape index (κ1) is 10.6. The van der Waals surface area contributed by atoms with Crippen LogP contribution in [0.15, 0.2) is 18.2 Å². The summed E-state index contributed by atoms with van der Waals surface area (Å²) in [5.74, 6) is 2.68. The molecule has 1 saturated heterocycles. The SMILES string of the molecule is C#CC1CC(=O)N(c2ccc(C)cc2N)C1. The summed E-state index contributed by atoms with van der Waals surface area (Å²) < 4.78 is 0. The van der Waals surface area contributed by atoms with E-state index in [1.165, 1.54) is 0 Å². The third-order valence-electron chi connectivity index (χ3n) is 2.83. The van der Waals surface area contributed by atoms with Crippen molar-refractivity contribution in [1.82, 2.24) is 0 Å². The van der Waals surface area contributed by atoms with Gasteiger partial charge in [0.05, 0.1) is 11.4 Å². The van der Waals surface area contributed by atoms with Crippen molar-refractivity contribution in [3.8, 4) is 12.3 Å². The van der Waals surface area contributed by atoms with Crippen LogP contribution in [-0.2, 0) is 4.79 Å². The number of nitrogen functional groups attached to an aromatic ring is 1. The zero-order valence-corrected chi connectivity index (χ0v) is 9.23. The Kier molecular flexibility index (Phi) is 2.57. The van der Waals surface area contributed by atoms with Gasteiger partial charge in [-0.1, -0.05) is 6.07 Å². The first-order valence-electron chi connectivity index (χ1n) is 5.24. The predicted octanol–water partition coefficient (Wildman–Crippen LogP) is 1.56. The smallest absolute Gasteiger partial charge is 0.228 e. The summed E-state index contributed by atoms with van der Waals surface area (Å²) in [6.07, 6.45) is 5.76. The molecule has 2 N–H and O–H groups in total. The highest BCUT2D eigenvalue weighted by atomic mass is 16.2. The van der Waals surface area contributed by atoms with Crippen molar-refractivity contribution in [2.75, 3.05) is 17.2 Å². The Labute approximate surface area is 95.2 Å². The number of aryl methyl sites for hydroxylation is 1. The molecule has 82 valence electrons. The van der Waals surface area contributed by atoms with E-state index in [1.54, 1.807) is 4.90 Å². The van der Waals surface area contributed by atoms with E-state index in [-0.39, 0.29) is 11.8 Å². The van der Waals surface area contributed by atoms with Crippen molar-refractivity contribution in [2.45, 2.75) is 13.3 Å². The molecule has 1 aromatic rings. The van der Waals surface area contributed by atoms with Crippen LogP contribution >= 0.6 is 0 Å². The molecule has 1 aromatic carbocycles. The maximum absolute atomic E-state index is 11.8. The van der Waals surface area contributed by atoms with Gasteiger partial charge in [-0.25, -0.2) is 0 Å². The largest absolute Gasteiger partial charge is 0.397 e. The van der Waals surface area contributed by atoms with Gasteiger partial charge in [-0.15, -0.1) is 12.3 Å². The van der Waals surface area contributed by atoms with E-state index in [1.807, 2.05) is 25.1 Å². The fourth-order valence-corrected chi connectivity index (χ4v) is 1.97. The van der Waals surface area contributed by atoms with E-state index < -0.39 is 0 Å². The third kappa shape index (κ3) is 1.74. The van der Waals surface area contributed by atoms with Gasteiger partial charge in [-0.05, 0) is 24.6 Å². The van der Waals surface area contributed by atoms with Crippen LogP contribution in [0.1, 0.15) is 12.0 Å². The summed E-state index contributed by atoms with van der Waals surface area (Å²) in [6.45, 7) is 2.54. The molecule has 1 fully saturated rings. The van der Waals surface area contributed by atoms with Gasteiger partial charge in [-0.2, -0.15) is 0 Å². The molecule has 3 nitrogen and oxygen atoms in total. The number of terminal acetylenes is 1. The lowest BCUT2D eigenvalue weighted by Crippen LogP contribution is -2.25. The number of carbonyl (C=O) groups is 1. The van der Waals surface area contributed by atoms with E-state index in [4.69, 9.17) is 12.2 Å². The van der Waals surface area contributed by atoms with Crippen LogP contribution in [0.5, 0.6) is 0 Å². The molecule has 1 heterocycles. The minimum atomic E-state index is 0.00760. The summed E-state index contributed by atoms with van der Waals surface area (Å²) >= 11 is 0. The number of carbonyl (C=O) groups excluding carboxylic acids is 1. The molecule has 1 aliphatic heterocycles. The Morgan fingerprint density at radius 3 is 2.88 bits per heavy atom. The van der Waals surface area contributed by atoms with Gasteiger partial charge in [0.15, 0.2) is 0 Å². The Morgan fingerprint density at radius 1 is 1.56 bits per heavy atom. The summed E-state index contributed by atoms with van der Waals surface area (Å²) in [5.41, 5.74) is 8.39. The van der Waals surface area contributed by atoms with Gasteiger partial charge in [0.25, 0.3) is 0 Å². The Bertz CT molecular complexity index is 473. The van der Waals surface area contributed by atoms with Crippen molar-refractivity contribution >= 4 is 17.3 Å². The highest BCUT2D eigenvalue weighted by Crippen LogP contribution is 2.29. The van der Waals surface area contributed by atoms with E-state index in [9.17, 15) is 4.79 Å². The average molecular weight is 214 g/mol. The third-order valence-corrected chi connectivity index (χ3v) is 2.83. The van der Waals surface area contributed by atoms with E-state index in [0.29, 0.717) is 18.7 Å². The number of benzene rings is 1. The van der Waals surface area contributed by atoms with E-state index >= 15 is 0 Å². The molecule has 1 unspecified atom stereocenters. The van der Waals surface area contributed by atoms with Crippen molar-refractivity contribution in [2.24, 2.45) is 5.92 Å². The molecular formula is C13H14N2O. The van der Waals surface area contributed by atoms with E-state index in [2.05, 4.69) is 5.92 Å². The van der Waals surface area contributed by atoms with Gasteiger partial charge in [0, 0.05) is 18.9 Å². The van der Waals surface area contributed by atoms with Gasteiger partial charge >= 0.3 is 0 Å². The van der Waals surface area contributed by atoms with Crippen molar-refractivity contribution < 1.29 is 4.79 Å². The first-order chi connectivity index (χ1) is 7.61. The zero-order chi connectivity index (χ0) is 11.7. The molecule has 16 heavy (non-hydrogen) atoms. The molecule has 2 rings (SSSR count). The number of amides is 1. The molecule has 0 aliphatic carbocycles. The monoisotopic (exact) mass is 214 g/mol. The Hall–Kier alpha value is -1.95. The van der Waals surface area contributed by atoms with Crippen LogP contribution in [0.3, 0.4) is 0 Å². The summed E-state index contributed by atoms with van der Waals surface area (Å²) in [4.78, 5) is 13.4. The average Bonchev–Trinajstić information content (AvgIpc) is 2.60. The van der Waals surface area contributed by atoms with Gasteiger partial charge in [0.2, 0.25) is 5.91 Å². The van der Waals surface area contributed by atoms with Crippen LogP contribution in [-0.4, -0.2) is 12.5 Å². The molecule has 1 amide bonds. The molecule has 0 saturated carbocycles. The van der Waals surface area contributed by atoms with Crippen LogP contribution < -0.4 is 10.6 Å². The quantitative estimate of drug-likeness (QED) is 0.569. The second-order valence-corrected chi connectivity index (χ2v) is 4.13. The Balaban J connectivity index is 2.32. The molecular weight excluding hydrogens is 200 g/mol. The van der Waals surface area contributed by atoms with E-state index in [0.717, 1.165) is 11.3 Å². The molecule has 0 radical (unpaired) electrons. The van der Waals surface area contributed by atoms with Crippen molar-refractivity contribution in [3.05, 3.63) is 23.8 Å². The summed E-state index contributed by atoms with van der Waals surface area (Å²) in [5, 5.41) is 0. The van der Waals surface area contributed by atoms with Gasteiger partial charge < -0.3 is 10.6 Å². The van der Waals surface area contributed by atoms with Crippen LogP contribution in [0.25, 0.3) is 0 Å². The van der Waals surface area contributed by atoms with Gasteiger partial charge in [0.1, 0.15) is 0 Å². The predicted molar refractivity (Wildman–Crippen MR) is 64.9 cm³/mol.